The second kappa shape index (κ2) is 6.45. The zero-order chi connectivity index (χ0) is 13.9. The highest BCUT2D eigenvalue weighted by atomic mass is 32.1. The van der Waals surface area contributed by atoms with Gasteiger partial charge in [0.2, 0.25) is 5.91 Å². The number of nitrogens with zero attached hydrogens (tertiary/aromatic N) is 3. The van der Waals surface area contributed by atoms with E-state index in [0.717, 1.165) is 26.2 Å². The molecule has 1 heterocycles. The van der Waals surface area contributed by atoms with E-state index in [2.05, 4.69) is 9.80 Å². The minimum atomic E-state index is -0.0534. The molecule has 5 nitrogen and oxygen atoms in total. The first kappa shape index (κ1) is 15.3. The van der Waals surface area contributed by atoms with Gasteiger partial charge in [-0.05, 0) is 13.8 Å². The first-order chi connectivity index (χ1) is 8.34. The Morgan fingerprint density at radius 2 is 1.50 bits per heavy atom. The highest BCUT2D eigenvalue weighted by molar-refractivity contribution is 7.80. The number of likely N-dealkylation sites (N-methyl/N-ethyl adjacent to an activating group) is 1. The number of hydrogen-bond donors (Lipinski definition) is 1. The molecule has 0 aromatic rings. The van der Waals surface area contributed by atoms with Gasteiger partial charge in [-0.1, -0.05) is 12.2 Å². The Balaban J connectivity index is 2.49. The number of rotatable bonds is 4. The third-order valence-corrected chi connectivity index (χ3v) is 4.00. The van der Waals surface area contributed by atoms with Crippen LogP contribution in [-0.4, -0.2) is 78.0 Å². The lowest BCUT2D eigenvalue weighted by molar-refractivity contribution is -0.134. The summed E-state index contributed by atoms with van der Waals surface area (Å²) in [5.41, 5.74) is 5.66. The van der Waals surface area contributed by atoms with E-state index in [1.165, 1.54) is 0 Å². The first-order valence-corrected chi connectivity index (χ1v) is 6.74. The first-order valence-electron chi connectivity index (χ1n) is 6.33. The van der Waals surface area contributed by atoms with Crippen LogP contribution in [0.4, 0.5) is 0 Å². The molecule has 0 saturated carbocycles. The Bertz CT molecular complexity index is 313. The zero-order valence-corrected chi connectivity index (χ0v) is 12.5. The second-order valence-electron chi connectivity index (χ2n) is 5.06. The number of thiocarbonyl (C=S) groups is 1. The summed E-state index contributed by atoms with van der Waals surface area (Å²) < 4.78 is 0. The molecule has 1 amide bonds. The van der Waals surface area contributed by atoms with Crippen LogP contribution in [0.2, 0.25) is 0 Å². The monoisotopic (exact) mass is 272 g/mol. The highest BCUT2D eigenvalue weighted by Crippen LogP contribution is 2.10. The maximum atomic E-state index is 11.9. The molecule has 0 radical (unpaired) electrons. The summed E-state index contributed by atoms with van der Waals surface area (Å²) in [6.07, 6.45) is 0. The van der Waals surface area contributed by atoms with Crippen molar-refractivity contribution in [1.82, 2.24) is 14.7 Å². The van der Waals surface area contributed by atoms with E-state index in [1.54, 1.807) is 19.0 Å². The largest absolute Gasteiger partial charge is 0.392 e. The highest BCUT2D eigenvalue weighted by Gasteiger charge is 2.28. The summed E-state index contributed by atoms with van der Waals surface area (Å²) >= 11 is 5.02. The summed E-state index contributed by atoms with van der Waals surface area (Å²) in [4.78, 5) is 18.6. The van der Waals surface area contributed by atoms with E-state index in [4.69, 9.17) is 18.0 Å². The third kappa shape index (κ3) is 3.63. The molecular formula is C12H24N4OS. The standard InChI is InChI=1S/C12H24N4OS/c1-9(11(13)18)15-5-7-16(8-6-15)10(2)12(17)14(3)4/h9-10H,5-8H2,1-4H3,(H2,13,18). The molecular weight excluding hydrogens is 248 g/mol. The molecule has 6 heteroatoms. The van der Waals surface area contributed by atoms with Crippen molar-refractivity contribution in [3.05, 3.63) is 0 Å². The van der Waals surface area contributed by atoms with Crippen molar-refractivity contribution in [2.24, 2.45) is 5.73 Å². The lowest BCUT2D eigenvalue weighted by Crippen LogP contribution is -2.56. The molecule has 0 aromatic carbocycles. The van der Waals surface area contributed by atoms with Gasteiger partial charge in [-0.25, -0.2) is 0 Å². The minimum absolute atomic E-state index is 0.0534. The number of nitrogens with two attached hydrogens (primary N) is 1. The number of piperazine rings is 1. The summed E-state index contributed by atoms with van der Waals surface area (Å²) in [5, 5.41) is 0. The van der Waals surface area contributed by atoms with Gasteiger partial charge in [0.1, 0.15) is 0 Å². The maximum Gasteiger partial charge on any atom is 0.239 e. The number of carbonyl (C=O) groups is 1. The van der Waals surface area contributed by atoms with Gasteiger partial charge in [0, 0.05) is 40.3 Å². The topological polar surface area (TPSA) is 52.8 Å². The van der Waals surface area contributed by atoms with Crippen LogP contribution in [0.5, 0.6) is 0 Å². The lowest BCUT2D eigenvalue weighted by atomic mass is 10.2. The van der Waals surface area contributed by atoms with E-state index in [-0.39, 0.29) is 18.0 Å². The van der Waals surface area contributed by atoms with Crippen molar-refractivity contribution in [3.63, 3.8) is 0 Å². The summed E-state index contributed by atoms with van der Waals surface area (Å²) in [7, 11) is 3.59. The fourth-order valence-corrected chi connectivity index (χ4v) is 2.37. The summed E-state index contributed by atoms with van der Waals surface area (Å²) in [6, 6.07) is 0.0873. The van der Waals surface area contributed by atoms with Crippen molar-refractivity contribution in [3.8, 4) is 0 Å². The predicted molar refractivity (Wildman–Crippen MR) is 77.5 cm³/mol. The summed E-state index contributed by atoms with van der Waals surface area (Å²) in [5.74, 6) is 0.158. The van der Waals surface area contributed by atoms with Gasteiger partial charge in [-0.15, -0.1) is 0 Å². The SMILES string of the molecule is CC(C(=O)N(C)C)N1CCN(C(C)C(N)=S)CC1. The molecule has 2 N–H and O–H groups in total. The molecule has 1 aliphatic heterocycles. The van der Waals surface area contributed by atoms with E-state index in [1.807, 2.05) is 13.8 Å². The van der Waals surface area contributed by atoms with Crippen LogP contribution < -0.4 is 5.73 Å². The van der Waals surface area contributed by atoms with Crippen LogP contribution in [0.1, 0.15) is 13.8 Å². The Kier molecular flexibility index (Phi) is 5.49. The molecule has 1 rings (SSSR count). The van der Waals surface area contributed by atoms with Crippen molar-refractivity contribution in [2.45, 2.75) is 25.9 Å². The molecule has 104 valence electrons. The Morgan fingerprint density at radius 3 is 1.83 bits per heavy atom. The van der Waals surface area contributed by atoms with Gasteiger partial charge in [0.05, 0.1) is 17.1 Å². The van der Waals surface area contributed by atoms with Crippen molar-refractivity contribution in [1.29, 1.82) is 0 Å². The molecule has 0 spiro atoms. The maximum absolute atomic E-state index is 11.9. The average Bonchev–Trinajstić information content (AvgIpc) is 2.36. The van der Waals surface area contributed by atoms with Gasteiger partial charge in [0.25, 0.3) is 0 Å². The summed E-state index contributed by atoms with van der Waals surface area (Å²) in [6.45, 7) is 7.58. The lowest BCUT2D eigenvalue weighted by Gasteiger charge is -2.40. The van der Waals surface area contributed by atoms with Gasteiger partial charge < -0.3 is 10.6 Å². The van der Waals surface area contributed by atoms with Crippen LogP contribution in [0.25, 0.3) is 0 Å². The number of amides is 1. The second-order valence-corrected chi connectivity index (χ2v) is 5.53. The van der Waals surface area contributed by atoms with Gasteiger partial charge >= 0.3 is 0 Å². The molecule has 2 atom stereocenters. The Morgan fingerprint density at radius 1 is 1.11 bits per heavy atom. The van der Waals surface area contributed by atoms with Crippen LogP contribution in [0.3, 0.4) is 0 Å². The quantitative estimate of drug-likeness (QED) is 0.716. The zero-order valence-electron chi connectivity index (χ0n) is 11.7. The molecule has 2 unspecified atom stereocenters. The van der Waals surface area contributed by atoms with Gasteiger partial charge in [0.15, 0.2) is 0 Å². The van der Waals surface area contributed by atoms with Gasteiger partial charge in [-0.2, -0.15) is 0 Å². The molecule has 1 fully saturated rings. The van der Waals surface area contributed by atoms with Crippen molar-refractivity contribution < 1.29 is 4.79 Å². The molecule has 0 aromatic heterocycles. The fraction of sp³-hybridized carbons (Fsp3) is 0.833. The molecule has 1 saturated heterocycles. The van der Waals surface area contributed by atoms with Crippen LogP contribution in [0.15, 0.2) is 0 Å². The fourth-order valence-electron chi connectivity index (χ4n) is 2.22. The average molecular weight is 272 g/mol. The number of carbonyl (C=O) groups excluding carboxylic acids is 1. The molecule has 18 heavy (non-hydrogen) atoms. The van der Waals surface area contributed by atoms with Crippen LogP contribution in [0, 0.1) is 0 Å². The van der Waals surface area contributed by atoms with E-state index in [9.17, 15) is 4.79 Å². The molecule has 0 bridgehead atoms. The van der Waals surface area contributed by atoms with Gasteiger partial charge in [-0.3, -0.25) is 14.6 Å². The molecule has 1 aliphatic rings. The van der Waals surface area contributed by atoms with E-state index in [0.29, 0.717) is 4.99 Å². The number of hydrogen-bond acceptors (Lipinski definition) is 4. The van der Waals surface area contributed by atoms with Crippen LogP contribution in [-0.2, 0) is 4.79 Å². The van der Waals surface area contributed by atoms with Crippen molar-refractivity contribution in [2.75, 3.05) is 40.3 Å². The molecule has 0 aliphatic carbocycles. The predicted octanol–water partition coefficient (Wildman–Crippen LogP) is -0.245. The van der Waals surface area contributed by atoms with Crippen molar-refractivity contribution >= 4 is 23.1 Å². The third-order valence-electron chi connectivity index (χ3n) is 3.65. The van der Waals surface area contributed by atoms with E-state index < -0.39 is 0 Å². The van der Waals surface area contributed by atoms with E-state index >= 15 is 0 Å². The smallest absolute Gasteiger partial charge is 0.239 e. The Hall–Kier alpha value is -0.720. The minimum Gasteiger partial charge on any atom is -0.392 e. The Labute approximate surface area is 115 Å². The normalized spacial score (nSPS) is 21.3. The van der Waals surface area contributed by atoms with Crippen LogP contribution >= 0.6 is 12.2 Å².